The van der Waals surface area contributed by atoms with Gasteiger partial charge in [0.1, 0.15) is 5.01 Å². The van der Waals surface area contributed by atoms with E-state index in [0.29, 0.717) is 5.01 Å². The van der Waals surface area contributed by atoms with E-state index in [1.165, 1.54) is 6.42 Å². The Morgan fingerprint density at radius 3 is 2.20 bits per heavy atom. The Labute approximate surface area is 39.4 Å². The first-order valence-corrected chi connectivity index (χ1v) is 2.57. The van der Waals surface area contributed by atoms with Gasteiger partial charge in [-0.25, -0.2) is 0 Å². The molecule has 0 bridgehead atoms. The van der Waals surface area contributed by atoms with Crippen molar-refractivity contribution in [3.63, 3.8) is 0 Å². The van der Waals surface area contributed by atoms with Crippen LogP contribution in [0.25, 0.3) is 0 Å². The van der Waals surface area contributed by atoms with Gasteiger partial charge in [0.05, 0.1) is 6.61 Å². The first kappa shape index (κ1) is 3.62. The minimum absolute atomic E-state index is 0.377. The van der Waals surface area contributed by atoms with Crippen molar-refractivity contribution in [2.45, 2.75) is 11.4 Å². The molecular weight excluding hydrogens is 132 g/mol. The molecule has 0 unspecified atom stereocenters. The second kappa shape index (κ2) is 1.27. The zero-order valence-corrected chi connectivity index (χ0v) is 4.36. The predicted octanol–water partition coefficient (Wildman–Crippen LogP) is 1.13. The SMILES string of the molecule is Br[C@H]1CCO1. The molecule has 0 aromatic heterocycles. The molecule has 1 saturated heterocycles. The van der Waals surface area contributed by atoms with E-state index in [4.69, 9.17) is 4.74 Å². The number of hydrogen-bond acceptors (Lipinski definition) is 1. The lowest BCUT2D eigenvalue weighted by Gasteiger charge is -2.18. The van der Waals surface area contributed by atoms with Crippen molar-refractivity contribution in [2.24, 2.45) is 0 Å². The highest BCUT2D eigenvalue weighted by atomic mass is 79.9. The van der Waals surface area contributed by atoms with E-state index < -0.39 is 0 Å². The van der Waals surface area contributed by atoms with Gasteiger partial charge in [0, 0.05) is 6.42 Å². The molecule has 1 atom stereocenters. The average molecular weight is 137 g/mol. The Morgan fingerprint density at radius 1 is 1.80 bits per heavy atom. The normalized spacial score (nSPS) is 36.6. The Morgan fingerprint density at radius 2 is 2.20 bits per heavy atom. The van der Waals surface area contributed by atoms with Crippen LogP contribution in [0.2, 0.25) is 0 Å². The topological polar surface area (TPSA) is 9.23 Å². The van der Waals surface area contributed by atoms with Gasteiger partial charge < -0.3 is 4.74 Å². The summed E-state index contributed by atoms with van der Waals surface area (Å²) in [4.78, 5) is 0. The molecule has 0 aromatic rings. The van der Waals surface area contributed by atoms with E-state index in [2.05, 4.69) is 15.9 Å². The second-order valence-corrected chi connectivity index (χ2v) is 2.09. The highest BCUT2D eigenvalue weighted by Crippen LogP contribution is 2.15. The van der Waals surface area contributed by atoms with Gasteiger partial charge in [0.15, 0.2) is 0 Å². The molecule has 1 nitrogen and oxygen atoms in total. The minimum Gasteiger partial charge on any atom is -0.367 e. The van der Waals surface area contributed by atoms with E-state index in [9.17, 15) is 0 Å². The van der Waals surface area contributed by atoms with Crippen molar-refractivity contribution in [1.29, 1.82) is 0 Å². The molecule has 0 aromatic carbocycles. The van der Waals surface area contributed by atoms with Crippen LogP contribution in [0.3, 0.4) is 0 Å². The summed E-state index contributed by atoms with van der Waals surface area (Å²) in [5, 5.41) is 0.377. The van der Waals surface area contributed by atoms with Gasteiger partial charge in [-0.15, -0.1) is 0 Å². The maximum atomic E-state index is 4.85. The van der Waals surface area contributed by atoms with Crippen molar-refractivity contribution in [3.05, 3.63) is 0 Å². The van der Waals surface area contributed by atoms with Crippen LogP contribution in [0.4, 0.5) is 0 Å². The van der Waals surface area contributed by atoms with Crippen molar-refractivity contribution < 1.29 is 4.74 Å². The van der Waals surface area contributed by atoms with E-state index >= 15 is 0 Å². The Kier molecular flexibility index (Phi) is 0.918. The lowest BCUT2D eigenvalue weighted by atomic mass is 10.4. The average Bonchev–Trinajstić information content (AvgIpc) is 1.30. The van der Waals surface area contributed by atoms with Crippen molar-refractivity contribution in [2.75, 3.05) is 6.61 Å². The van der Waals surface area contributed by atoms with Gasteiger partial charge in [-0.1, -0.05) is 15.9 Å². The molecule has 0 aliphatic carbocycles. The summed E-state index contributed by atoms with van der Waals surface area (Å²) in [5.74, 6) is 0. The smallest absolute Gasteiger partial charge is 0.114 e. The molecular formula is C3H5BrO. The molecule has 0 amide bonds. The van der Waals surface area contributed by atoms with Crippen LogP contribution in [-0.2, 0) is 4.74 Å². The van der Waals surface area contributed by atoms with Crippen LogP contribution in [-0.4, -0.2) is 11.6 Å². The van der Waals surface area contributed by atoms with Crippen LogP contribution in [0, 0.1) is 0 Å². The molecule has 0 spiro atoms. The lowest BCUT2D eigenvalue weighted by Crippen LogP contribution is -2.19. The second-order valence-electron chi connectivity index (χ2n) is 1.07. The summed E-state index contributed by atoms with van der Waals surface area (Å²) in [6, 6.07) is 0. The fourth-order valence-electron chi connectivity index (χ4n) is 0.207. The molecule has 0 N–H and O–H groups in total. The molecule has 1 aliphatic heterocycles. The monoisotopic (exact) mass is 136 g/mol. The maximum absolute atomic E-state index is 4.85. The van der Waals surface area contributed by atoms with E-state index in [1.54, 1.807) is 0 Å². The quantitative estimate of drug-likeness (QED) is 0.454. The molecule has 2 heteroatoms. The molecule has 1 rings (SSSR count). The summed E-state index contributed by atoms with van der Waals surface area (Å²) < 4.78 is 4.85. The molecule has 0 saturated carbocycles. The third kappa shape index (κ3) is 0.637. The summed E-state index contributed by atoms with van der Waals surface area (Å²) in [5.41, 5.74) is 0. The largest absolute Gasteiger partial charge is 0.367 e. The van der Waals surface area contributed by atoms with Crippen LogP contribution in [0.5, 0.6) is 0 Å². The molecule has 1 fully saturated rings. The predicted molar refractivity (Wildman–Crippen MR) is 23.3 cm³/mol. The fourth-order valence-corrected chi connectivity index (χ4v) is 0.581. The first-order chi connectivity index (χ1) is 2.39. The van der Waals surface area contributed by atoms with Crippen LogP contribution >= 0.6 is 15.9 Å². The zero-order chi connectivity index (χ0) is 3.70. The van der Waals surface area contributed by atoms with Gasteiger partial charge in [-0.05, 0) is 0 Å². The third-order valence-electron chi connectivity index (χ3n) is 0.644. The van der Waals surface area contributed by atoms with Crippen molar-refractivity contribution in [3.8, 4) is 0 Å². The van der Waals surface area contributed by atoms with Crippen molar-refractivity contribution in [1.82, 2.24) is 0 Å². The fraction of sp³-hybridized carbons (Fsp3) is 1.00. The van der Waals surface area contributed by atoms with E-state index in [0.717, 1.165) is 6.61 Å². The van der Waals surface area contributed by atoms with Gasteiger partial charge >= 0.3 is 0 Å². The minimum atomic E-state index is 0.377. The van der Waals surface area contributed by atoms with Gasteiger partial charge in [-0.3, -0.25) is 0 Å². The standard InChI is InChI=1S/C3H5BrO/c4-3-1-2-5-3/h3H,1-2H2/t3-/m1/s1. The van der Waals surface area contributed by atoms with Crippen LogP contribution < -0.4 is 0 Å². The number of alkyl halides is 1. The summed E-state index contributed by atoms with van der Waals surface area (Å²) in [6.45, 7) is 0.940. The summed E-state index contributed by atoms with van der Waals surface area (Å²) in [7, 11) is 0. The van der Waals surface area contributed by atoms with Gasteiger partial charge in [0.2, 0.25) is 0 Å². The number of rotatable bonds is 0. The van der Waals surface area contributed by atoms with E-state index in [-0.39, 0.29) is 0 Å². The van der Waals surface area contributed by atoms with Gasteiger partial charge in [-0.2, -0.15) is 0 Å². The molecule has 0 radical (unpaired) electrons. The number of halogens is 1. The Hall–Kier alpha value is 0.440. The molecule has 1 aliphatic rings. The molecule has 30 valence electrons. The zero-order valence-electron chi connectivity index (χ0n) is 2.78. The Bertz CT molecular complexity index is 33.9. The van der Waals surface area contributed by atoms with Crippen LogP contribution in [0.1, 0.15) is 6.42 Å². The highest BCUT2D eigenvalue weighted by molar-refractivity contribution is 9.09. The van der Waals surface area contributed by atoms with Gasteiger partial charge in [0.25, 0.3) is 0 Å². The lowest BCUT2D eigenvalue weighted by molar-refractivity contribution is 0.0146. The molecule has 1 heterocycles. The number of hydrogen-bond donors (Lipinski definition) is 0. The van der Waals surface area contributed by atoms with Crippen molar-refractivity contribution >= 4 is 15.9 Å². The number of ether oxygens (including phenoxy) is 1. The molecule has 5 heavy (non-hydrogen) atoms. The summed E-state index contributed by atoms with van der Waals surface area (Å²) in [6.07, 6.45) is 1.18. The first-order valence-electron chi connectivity index (χ1n) is 1.65. The maximum Gasteiger partial charge on any atom is 0.114 e. The van der Waals surface area contributed by atoms with Crippen LogP contribution in [0.15, 0.2) is 0 Å². The summed E-state index contributed by atoms with van der Waals surface area (Å²) >= 11 is 3.24. The van der Waals surface area contributed by atoms with E-state index in [1.807, 2.05) is 0 Å². The highest BCUT2D eigenvalue weighted by Gasteiger charge is 2.11. The third-order valence-corrected chi connectivity index (χ3v) is 1.37. The Balaban J connectivity index is 2.08.